The van der Waals surface area contributed by atoms with E-state index in [0.29, 0.717) is 18.1 Å². The van der Waals surface area contributed by atoms with Crippen molar-refractivity contribution in [3.05, 3.63) is 23.8 Å². The van der Waals surface area contributed by atoms with Gasteiger partial charge in [-0.15, -0.1) is 0 Å². The van der Waals surface area contributed by atoms with E-state index in [2.05, 4.69) is 5.32 Å². The lowest BCUT2D eigenvalue weighted by atomic mass is 9.96. The number of carbonyl (C=O) groups excluding carboxylic acids is 2. The summed E-state index contributed by atoms with van der Waals surface area (Å²) in [5.41, 5.74) is 2.82. The number of rotatable bonds is 4. The molecule has 24 heavy (non-hydrogen) atoms. The highest BCUT2D eigenvalue weighted by Crippen LogP contribution is 2.33. The molecule has 0 spiro atoms. The molecular formula is C17H21N3O3S. The SMILES string of the molecule is CC(=S)NC[C@H]1CN(c2ccc3c(c2)CC[C@@H](C)N3C=O)C(=O)O1. The second-order valence-electron chi connectivity index (χ2n) is 6.27. The first-order chi connectivity index (χ1) is 11.5. The molecule has 6 nitrogen and oxygen atoms in total. The van der Waals surface area contributed by atoms with Crippen molar-refractivity contribution in [3.63, 3.8) is 0 Å². The zero-order chi connectivity index (χ0) is 17.3. The van der Waals surface area contributed by atoms with Crippen molar-refractivity contribution in [1.29, 1.82) is 0 Å². The molecule has 0 aromatic heterocycles. The molecule has 1 fully saturated rings. The average Bonchev–Trinajstić information content (AvgIpc) is 2.93. The van der Waals surface area contributed by atoms with Crippen LogP contribution < -0.4 is 15.1 Å². The number of nitrogens with zero attached hydrogens (tertiary/aromatic N) is 2. The summed E-state index contributed by atoms with van der Waals surface area (Å²) in [6.45, 7) is 4.84. The van der Waals surface area contributed by atoms with Crippen LogP contribution in [0.4, 0.5) is 16.2 Å². The average molecular weight is 347 g/mol. The van der Waals surface area contributed by atoms with Gasteiger partial charge in [-0.3, -0.25) is 9.69 Å². The molecule has 0 saturated carbocycles. The van der Waals surface area contributed by atoms with E-state index in [1.165, 1.54) is 0 Å². The van der Waals surface area contributed by atoms with E-state index in [-0.39, 0.29) is 18.2 Å². The molecule has 3 rings (SSSR count). The number of thiocarbonyl (C=S) groups is 1. The van der Waals surface area contributed by atoms with Gasteiger partial charge in [0.25, 0.3) is 0 Å². The third-order valence-corrected chi connectivity index (χ3v) is 4.67. The Hall–Kier alpha value is -2.15. The molecule has 1 aromatic carbocycles. The molecule has 2 aliphatic heterocycles. The number of hydrogen-bond acceptors (Lipinski definition) is 4. The second kappa shape index (κ2) is 6.76. The highest BCUT2D eigenvalue weighted by Gasteiger charge is 2.33. The quantitative estimate of drug-likeness (QED) is 0.669. The van der Waals surface area contributed by atoms with Gasteiger partial charge in [-0.2, -0.15) is 0 Å². The van der Waals surface area contributed by atoms with Crippen molar-refractivity contribution in [2.24, 2.45) is 0 Å². The molecule has 1 saturated heterocycles. The lowest BCUT2D eigenvalue weighted by Crippen LogP contribution is -2.36. The zero-order valence-corrected chi connectivity index (χ0v) is 14.6. The first kappa shape index (κ1) is 16.7. The van der Waals surface area contributed by atoms with Crippen LogP contribution in [0.15, 0.2) is 18.2 Å². The fourth-order valence-electron chi connectivity index (χ4n) is 3.19. The van der Waals surface area contributed by atoms with Gasteiger partial charge in [0.15, 0.2) is 0 Å². The predicted molar refractivity (Wildman–Crippen MR) is 96.7 cm³/mol. The van der Waals surface area contributed by atoms with Crippen LogP contribution in [0.5, 0.6) is 0 Å². The monoisotopic (exact) mass is 347 g/mol. The third kappa shape index (κ3) is 3.21. The van der Waals surface area contributed by atoms with E-state index in [1.54, 1.807) is 16.7 Å². The van der Waals surface area contributed by atoms with Crippen LogP contribution in [0.3, 0.4) is 0 Å². The summed E-state index contributed by atoms with van der Waals surface area (Å²) < 4.78 is 5.38. The molecule has 2 heterocycles. The maximum absolute atomic E-state index is 12.1. The van der Waals surface area contributed by atoms with Crippen molar-refractivity contribution in [1.82, 2.24) is 5.32 Å². The van der Waals surface area contributed by atoms with Crippen LogP contribution in [-0.2, 0) is 16.0 Å². The predicted octanol–water partition coefficient (Wildman–Crippen LogP) is 2.25. The van der Waals surface area contributed by atoms with Crippen LogP contribution >= 0.6 is 12.2 Å². The van der Waals surface area contributed by atoms with Crippen LogP contribution in [0, 0.1) is 0 Å². The van der Waals surface area contributed by atoms with Crippen LogP contribution in [0.25, 0.3) is 0 Å². The number of fused-ring (bicyclic) bond motifs is 1. The summed E-state index contributed by atoms with van der Waals surface area (Å²) in [5.74, 6) is 0. The Morgan fingerprint density at radius 1 is 1.50 bits per heavy atom. The number of nitrogens with one attached hydrogen (secondary N) is 1. The first-order valence-electron chi connectivity index (χ1n) is 8.08. The molecule has 0 bridgehead atoms. The topological polar surface area (TPSA) is 61.9 Å². The molecule has 1 N–H and O–H groups in total. The van der Waals surface area contributed by atoms with Crippen LogP contribution in [0.2, 0.25) is 0 Å². The van der Waals surface area contributed by atoms with Crippen molar-refractivity contribution in [3.8, 4) is 0 Å². The van der Waals surface area contributed by atoms with E-state index in [1.807, 2.05) is 25.1 Å². The number of hydrogen-bond donors (Lipinski definition) is 1. The van der Waals surface area contributed by atoms with Crippen molar-refractivity contribution in [2.75, 3.05) is 22.9 Å². The summed E-state index contributed by atoms with van der Waals surface area (Å²) in [5, 5.41) is 3.03. The van der Waals surface area contributed by atoms with Gasteiger partial charge in [0, 0.05) is 17.4 Å². The minimum atomic E-state index is -0.347. The minimum Gasteiger partial charge on any atom is -0.442 e. The van der Waals surface area contributed by atoms with Crippen molar-refractivity contribution in [2.45, 2.75) is 38.8 Å². The number of amides is 2. The smallest absolute Gasteiger partial charge is 0.414 e. The van der Waals surface area contributed by atoms with Gasteiger partial charge in [0.2, 0.25) is 6.41 Å². The maximum atomic E-state index is 12.1. The molecule has 2 aliphatic rings. The summed E-state index contributed by atoms with van der Waals surface area (Å²) in [6, 6.07) is 5.97. The van der Waals surface area contributed by atoms with Crippen LogP contribution in [0.1, 0.15) is 25.8 Å². The molecule has 0 unspecified atom stereocenters. The Morgan fingerprint density at radius 3 is 3.00 bits per heavy atom. The molecule has 1 aromatic rings. The molecule has 2 atom stereocenters. The number of carbonyl (C=O) groups is 2. The zero-order valence-electron chi connectivity index (χ0n) is 13.8. The van der Waals surface area contributed by atoms with E-state index in [0.717, 1.165) is 36.2 Å². The number of cyclic esters (lactones) is 1. The highest BCUT2D eigenvalue weighted by atomic mass is 32.1. The lowest BCUT2D eigenvalue weighted by Gasteiger charge is -2.32. The number of benzene rings is 1. The number of anilines is 2. The standard InChI is InChI=1S/C17H21N3O3S/c1-11-3-4-13-7-14(5-6-16(13)20(11)10-21)19-9-15(23-17(19)22)8-18-12(2)24/h5-7,10-11,15H,3-4,8-9H2,1-2H3,(H,18,24)/t11-,15+/m1/s1. The second-order valence-corrected chi connectivity index (χ2v) is 6.88. The normalized spacial score (nSPS) is 22.8. The van der Waals surface area contributed by atoms with E-state index in [4.69, 9.17) is 17.0 Å². The number of aryl methyl sites for hydroxylation is 1. The fraction of sp³-hybridized carbons (Fsp3) is 0.471. The molecule has 0 aliphatic carbocycles. The molecule has 2 amide bonds. The van der Waals surface area contributed by atoms with E-state index < -0.39 is 0 Å². The van der Waals surface area contributed by atoms with Gasteiger partial charge in [-0.1, -0.05) is 12.2 Å². The highest BCUT2D eigenvalue weighted by molar-refractivity contribution is 7.80. The largest absolute Gasteiger partial charge is 0.442 e. The minimum absolute atomic E-state index is 0.200. The summed E-state index contributed by atoms with van der Waals surface area (Å²) in [6.07, 6.45) is 2.12. The summed E-state index contributed by atoms with van der Waals surface area (Å²) in [4.78, 5) is 27.5. The molecule has 0 radical (unpaired) electrons. The lowest BCUT2D eigenvalue weighted by molar-refractivity contribution is -0.107. The van der Waals surface area contributed by atoms with Crippen LogP contribution in [-0.4, -0.2) is 42.7 Å². The van der Waals surface area contributed by atoms with Gasteiger partial charge in [-0.25, -0.2) is 4.79 Å². The molecule has 7 heteroatoms. The molecular weight excluding hydrogens is 326 g/mol. The van der Waals surface area contributed by atoms with Gasteiger partial charge in [0.05, 0.1) is 18.1 Å². The summed E-state index contributed by atoms with van der Waals surface area (Å²) >= 11 is 4.98. The van der Waals surface area contributed by atoms with E-state index >= 15 is 0 Å². The fourth-order valence-corrected chi connectivity index (χ4v) is 3.27. The van der Waals surface area contributed by atoms with Crippen molar-refractivity contribution < 1.29 is 14.3 Å². The first-order valence-corrected chi connectivity index (χ1v) is 8.49. The Labute approximate surface area is 146 Å². The Balaban J connectivity index is 1.77. The Kier molecular flexibility index (Phi) is 4.71. The van der Waals surface area contributed by atoms with Gasteiger partial charge < -0.3 is 15.0 Å². The van der Waals surface area contributed by atoms with Gasteiger partial charge >= 0.3 is 6.09 Å². The number of ether oxygens (including phenoxy) is 1. The van der Waals surface area contributed by atoms with Gasteiger partial charge in [-0.05, 0) is 50.5 Å². The third-order valence-electron chi connectivity index (χ3n) is 4.53. The Morgan fingerprint density at radius 2 is 2.29 bits per heavy atom. The van der Waals surface area contributed by atoms with Gasteiger partial charge in [0.1, 0.15) is 6.10 Å². The van der Waals surface area contributed by atoms with E-state index in [9.17, 15) is 9.59 Å². The molecule has 128 valence electrons. The Bertz CT molecular complexity index is 679. The maximum Gasteiger partial charge on any atom is 0.414 e. The summed E-state index contributed by atoms with van der Waals surface area (Å²) in [7, 11) is 0. The van der Waals surface area contributed by atoms with Crippen molar-refractivity contribution >= 4 is 41.1 Å².